The van der Waals surface area contributed by atoms with Gasteiger partial charge in [0.2, 0.25) is 6.54 Å². The first-order valence-electron chi connectivity index (χ1n) is 6.19. The van der Waals surface area contributed by atoms with Crippen molar-refractivity contribution in [1.29, 1.82) is 0 Å². The number of nitrogens with zero attached hydrogens (tertiary/aromatic N) is 2. The quantitative estimate of drug-likeness (QED) is 0.741. The highest BCUT2D eigenvalue weighted by Gasteiger charge is 2.23. The van der Waals surface area contributed by atoms with Gasteiger partial charge in [0.05, 0.1) is 5.56 Å². The van der Waals surface area contributed by atoms with Crippen LogP contribution in [0.15, 0.2) is 59.1 Å². The molecule has 3 aromatic rings. The molecule has 5 heteroatoms. The highest BCUT2D eigenvalue weighted by molar-refractivity contribution is 5.72. The molecular formula is C15H13N3O2. The first-order valence-corrected chi connectivity index (χ1v) is 6.19. The number of phenols is 1. The number of phenolic OH excluding ortho intramolecular Hbond substituents is 1. The Morgan fingerprint density at radius 2 is 1.75 bits per heavy atom. The van der Waals surface area contributed by atoms with Gasteiger partial charge < -0.3 is 15.4 Å². The van der Waals surface area contributed by atoms with Crippen molar-refractivity contribution in [3.05, 3.63) is 65.9 Å². The fourth-order valence-corrected chi connectivity index (χ4v) is 2.09. The number of rotatable bonds is 3. The summed E-state index contributed by atoms with van der Waals surface area (Å²) >= 11 is 0. The Kier molecular flexibility index (Phi) is 3.09. The van der Waals surface area contributed by atoms with E-state index in [-0.39, 0.29) is 11.6 Å². The third-order valence-electron chi connectivity index (χ3n) is 3.04. The van der Waals surface area contributed by atoms with E-state index in [1.807, 2.05) is 30.3 Å². The zero-order chi connectivity index (χ0) is 13.9. The van der Waals surface area contributed by atoms with Crippen LogP contribution in [0, 0.1) is 0 Å². The average Bonchev–Trinajstić information content (AvgIpc) is 2.82. The summed E-state index contributed by atoms with van der Waals surface area (Å²) in [5, 5.41) is 13.8. The summed E-state index contributed by atoms with van der Waals surface area (Å²) in [5.41, 5.74) is 9.88. The van der Waals surface area contributed by atoms with Crippen LogP contribution in [0.25, 0.3) is 17.0 Å². The Balaban J connectivity index is 2.04. The molecule has 2 aromatic carbocycles. The fraction of sp³-hybridized carbons (Fsp3) is 0.0667. The molecule has 3 rings (SSSR count). The molecule has 20 heavy (non-hydrogen) atoms. The van der Waals surface area contributed by atoms with Gasteiger partial charge in [0.25, 0.3) is 5.69 Å². The van der Waals surface area contributed by atoms with Crippen LogP contribution < -0.4 is 4.68 Å². The molecule has 0 saturated heterocycles. The van der Waals surface area contributed by atoms with Crippen LogP contribution in [0.5, 0.6) is 5.75 Å². The predicted octanol–water partition coefficient (Wildman–Crippen LogP) is 3.07. The van der Waals surface area contributed by atoms with E-state index in [0.717, 1.165) is 5.56 Å². The number of hydrogen-bond donors (Lipinski definition) is 1. The fourth-order valence-electron chi connectivity index (χ4n) is 2.09. The van der Waals surface area contributed by atoms with E-state index in [1.165, 1.54) is 0 Å². The molecule has 0 fully saturated rings. The number of para-hydroxylation sites is 1. The van der Waals surface area contributed by atoms with Crippen LogP contribution in [-0.4, -0.2) is 10.4 Å². The molecule has 0 aliphatic carbocycles. The lowest BCUT2D eigenvalue weighted by Gasteiger charge is -2.01. The Hall–Kier alpha value is -2.82. The number of nitrogens with one attached hydrogen (secondary N) is 1. The second kappa shape index (κ2) is 5.05. The third kappa shape index (κ3) is 2.21. The maximum Gasteiger partial charge on any atom is 0.269 e. The highest BCUT2D eigenvalue weighted by atomic mass is 16.5. The highest BCUT2D eigenvalue weighted by Crippen LogP contribution is 2.32. The Morgan fingerprint density at radius 3 is 2.50 bits per heavy atom. The molecule has 0 radical (unpaired) electrons. The molecule has 0 spiro atoms. The second-order valence-electron chi connectivity index (χ2n) is 4.41. The number of hydrogen-bond acceptors (Lipinski definition) is 3. The van der Waals surface area contributed by atoms with Gasteiger partial charge in [-0.1, -0.05) is 42.5 Å². The molecule has 0 amide bonds. The summed E-state index contributed by atoms with van der Waals surface area (Å²) in [6.07, 6.45) is 0. The molecule has 0 saturated carbocycles. The maximum absolute atomic E-state index is 9.93. The molecule has 1 heterocycles. The molecule has 0 unspecified atom stereocenters. The van der Waals surface area contributed by atoms with E-state index in [1.54, 1.807) is 28.9 Å². The van der Waals surface area contributed by atoms with E-state index in [4.69, 9.17) is 10.3 Å². The Morgan fingerprint density at radius 1 is 1.05 bits per heavy atom. The van der Waals surface area contributed by atoms with Gasteiger partial charge in [0.1, 0.15) is 11.6 Å². The van der Waals surface area contributed by atoms with E-state index < -0.39 is 0 Å². The van der Waals surface area contributed by atoms with Crippen molar-refractivity contribution < 1.29 is 14.3 Å². The largest absolute Gasteiger partial charge is 0.660 e. The molecule has 5 nitrogen and oxygen atoms in total. The Labute approximate surface area is 115 Å². The van der Waals surface area contributed by atoms with Crippen molar-refractivity contribution in [3.63, 3.8) is 0 Å². The minimum Gasteiger partial charge on any atom is -0.660 e. The first-order chi connectivity index (χ1) is 9.75. The van der Waals surface area contributed by atoms with Crippen LogP contribution in [0.1, 0.15) is 5.56 Å². The third-order valence-corrected chi connectivity index (χ3v) is 3.04. The molecular weight excluding hydrogens is 254 g/mol. The predicted molar refractivity (Wildman–Crippen MR) is 73.3 cm³/mol. The van der Waals surface area contributed by atoms with E-state index in [2.05, 4.69) is 5.27 Å². The molecule has 100 valence electrons. The van der Waals surface area contributed by atoms with Crippen molar-refractivity contribution in [1.82, 2.24) is 5.27 Å². The van der Waals surface area contributed by atoms with Gasteiger partial charge in [-0.25, -0.2) is 0 Å². The number of benzene rings is 2. The van der Waals surface area contributed by atoms with Gasteiger partial charge in [0, 0.05) is 5.56 Å². The van der Waals surface area contributed by atoms with Gasteiger partial charge in [-0.3, -0.25) is 0 Å². The molecule has 0 aliphatic rings. The van der Waals surface area contributed by atoms with Crippen LogP contribution >= 0.6 is 0 Å². The monoisotopic (exact) mass is 267 g/mol. The number of aromatic hydroxyl groups is 1. The van der Waals surface area contributed by atoms with Crippen molar-refractivity contribution in [2.75, 3.05) is 0 Å². The minimum absolute atomic E-state index is 0.0672. The summed E-state index contributed by atoms with van der Waals surface area (Å²) in [6, 6.07) is 16.6. The van der Waals surface area contributed by atoms with Crippen LogP contribution in [0.4, 0.5) is 5.88 Å². The standard InChI is InChI=1S/C15H12N3O2/c16-15-14(12-8-4-5-9-13(12)19)18(17-20-15)10-11-6-2-1-3-7-11/h1-9,16H,10H2/q-1/p+1. The first kappa shape index (κ1) is 12.2. The van der Waals surface area contributed by atoms with Gasteiger partial charge in [-0.05, 0) is 16.8 Å². The molecule has 0 atom stereocenters. The average molecular weight is 267 g/mol. The van der Waals surface area contributed by atoms with Gasteiger partial charge >= 0.3 is 0 Å². The summed E-state index contributed by atoms with van der Waals surface area (Å²) < 4.78 is 6.52. The SMILES string of the molecule is [NH-]c1on[n+](Cc2ccccc2)c1-c1ccccc1O. The minimum atomic E-state index is -0.0672. The van der Waals surface area contributed by atoms with Gasteiger partial charge in [-0.2, -0.15) is 0 Å². The van der Waals surface area contributed by atoms with E-state index in [0.29, 0.717) is 17.8 Å². The molecule has 1 aromatic heterocycles. The maximum atomic E-state index is 9.93. The lowest BCUT2D eigenvalue weighted by molar-refractivity contribution is -0.745. The van der Waals surface area contributed by atoms with Crippen molar-refractivity contribution in [2.24, 2.45) is 0 Å². The van der Waals surface area contributed by atoms with Gasteiger partial charge in [0.15, 0.2) is 5.27 Å². The summed E-state index contributed by atoms with van der Waals surface area (Å²) in [5.74, 6) is 0.0356. The van der Waals surface area contributed by atoms with Crippen LogP contribution in [-0.2, 0) is 6.54 Å². The molecule has 2 N–H and O–H groups in total. The molecule has 0 aliphatic heterocycles. The summed E-state index contributed by atoms with van der Waals surface area (Å²) in [6.45, 7) is 0.479. The topological polar surface area (TPSA) is 73.9 Å². The van der Waals surface area contributed by atoms with Crippen molar-refractivity contribution in [3.8, 4) is 17.0 Å². The zero-order valence-electron chi connectivity index (χ0n) is 10.7. The van der Waals surface area contributed by atoms with Crippen LogP contribution in [0.2, 0.25) is 0 Å². The Bertz CT molecular complexity index is 723. The lowest BCUT2D eigenvalue weighted by Crippen LogP contribution is -2.38. The normalized spacial score (nSPS) is 10.6. The second-order valence-corrected chi connectivity index (χ2v) is 4.41. The number of aromatic nitrogens is 2. The van der Waals surface area contributed by atoms with Crippen LogP contribution in [0.3, 0.4) is 0 Å². The zero-order valence-corrected chi connectivity index (χ0v) is 10.7. The van der Waals surface area contributed by atoms with E-state index >= 15 is 0 Å². The van der Waals surface area contributed by atoms with Crippen molar-refractivity contribution >= 4 is 5.88 Å². The summed E-state index contributed by atoms with van der Waals surface area (Å²) in [4.78, 5) is 0. The molecule has 0 bridgehead atoms. The van der Waals surface area contributed by atoms with Crippen molar-refractivity contribution in [2.45, 2.75) is 6.54 Å². The summed E-state index contributed by atoms with van der Waals surface area (Å²) in [7, 11) is 0. The van der Waals surface area contributed by atoms with E-state index in [9.17, 15) is 5.11 Å². The smallest absolute Gasteiger partial charge is 0.269 e. The van der Waals surface area contributed by atoms with Gasteiger partial charge in [-0.15, -0.1) is 0 Å². The lowest BCUT2D eigenvalue weighted by atomic mass is 10.1.